The third kappa shape index (κ3) is 1.96. The summed E-state index contributed by atoms with van der Waals surface area (Å²) in [5.74, 6) is 0.379. The Kier molecular flexibility index (Phi) is 3.08. The molecule has 3 atom stereocenters. The maximum Gasteiger partial charge on any atom is 0.227 e. The van der Waals surface area contributed by atoms with Gasteiger partial charge in [0.2, 0.25) is 11.6 Å². The van der Waals surface area contributed by atoms with Crippen LogP contribution in [0.1, 0.15) is 33.1 Å². The van der Waals surface area contributed by atoms with Gasteiger partial charge in [-0.05, 0) is 39.0 Å². The fourth-order valence-corrected chi connectivity index (χ4v) is 3.88. The Morgan fingerprint density at radius 2 is 2.19 bits per heavy atom. The van der Waals surface area contributed by atoms with E-state index in [4.69, 9.17) is 9.47 Å². The number of carbonyl (C=O) groups excluding carboxylic acids is 2. The number of hydrogen-bond acceptors (Lipinski definition) is 4. The predicted octanol–water partition coefficient (Wildman–Crippen LogP) is 2.70. The van der Waals surface area contributed by atoms with Crippen molar-refractivity contribution in [2.45, 2.75) is 38.7 Å². The second-order valence-corrected chi connectivity index (χ2v) is 6.43. The highest BCUT2D eigenvalue weighted by Gasteiger charge is 2.53. The summed E-state index contributed by atoms with van der Waals surface area (Å²) >= 11 is 0. The van der Waals surface area contributed by atoms with Crippen molar-refractivity contribution in [3.8, 4) is 0 Å². The number of ether oxygens (including phenoxy) is 2. The molecule has 0 aromatic heterocycles. The first kappa shape index (κ1) is 14.1. The summed E-state index contributed by atoms with van der Waals surface area (Å²) in [5.41, 5.74) is 1.21. The first-order valence-corrected chi connectivity index (χ1v) is 7.29. The van der Waals surface area contributed by atoms with Gasteiger partial charge in [-0.3, -0.25) is 9.59 Å². The molecule has 0 amide bonds. The highest BCUT2D eigenvalue weighted by Crippen LogP contribution is 2.53. The average Bonchev–Trinajstić information content (AvgIpc) is 2.77. The van der Waals surface area contributed by atoms with Crippen molar-refractivity contribution in [1.82, 2.24) is 0 Å². The molecular formula is C17H20O4. The lowest BCUT2D eigenvalue weighted by atomic mass is 9.75. The molecule has 0 aromatic rings. The molecule has 4 nitrogen and oxygen atoms in total. The molecule has 0 aromatic carbocycles. The molecule has 3 aliphatic rings. The van der Waals surface area contributed by atoms with Gasteiger partial charge in [0.1, 0.15) is 5.60 Å². The lowest BCUT2D eigenvalue weighted by Crippen LogP contribution is -2.42. The molecule has 4 heteroatoms. The summed E-state index contributed by atoms with van der Waals surface area (Å²) in [6, 6.07) is 0. The first-order valence-electron chi connectivity index (χ1n) is 7.29. The summed E-state index contributed by atoms with van der Waals surface area (Å²) in [7, 11) is 1.41. The van der Waals surface area contributed by atoms with Crippen LogP contribution in [-0.2, 0) is 19.1 Å². The van der Waals surface area contributed by atoms with E-state index in [1.54, 1.807) is 0 Å². The third-order valence-corrected chi connectivity index (χ3v) is 5.09. The van der Waals surface area contributed by atoms with Crippen molar-refractivity contribution in [3.63, 3.8) is 0 Å². The normalized spacial score (nSPS) is 34.9. The standard InChI is InChI=1S/C17H20O4/c1-9(2)10-5-6-17(3)12(10)7-11-15(19)14(20-4)8-13(18)16(11)21-17/h8,10,12H,1,5-7H2,2-4H3/t10-,12-,17+/m0/s1. The van der Waals surface area contributed by atoms with Gasteiger partial charge in [-0.1, -0.05) is 12.2 Å². The molecule has 2 aliphatic carbocycles. The number of Topliss-reactive ketones (excluding diaryl/α,β-unsaturated/α-hetero) is 1. The summed E-state index contributed by atoms with van der Waals surface area (Å²) in [6.07, 6.45) is 3.67. The number of hydrogen-bond donors (Lipinski definition) is 0. The van der Waals surface area contributed by atoms with Crippen LogP contribution in [0.15, 0.2) is 35.3 Å². The van der Waals surface area contributed by atoms with Crippen molar-refractivity contribution >= 4 is 11.6 Å². The molecule has 3 rings (SSSR count). The second kappa shape index (κ2) is 4.58. The summed E-state index contributed by atoms with van der Waals surface area (Å²) in [4.78, 5) is 24.6. The number of ketones is 2. The van der Waals surface area contributed by atoms with Crippen LogP contribution in [0.25, 0.3) is 0 Å². The van der Waals surface area contributed by atoms with Crippen LogP contribution < -0.4 is 0 Å². The molecule has 1 fully saturated rings. The molecule has 1 aliphatic heterocycles. The minimum atomic E-state index is -0.378. The molecule has 21 heavy (non-hydrogen) atoms. The van der Waals surface area contributed by atoms with Gasteiger partial charge in [-0.15, -0.1) is 0 Å². The van der Waals surface area contributed by atoms with E-state index < -0.39 is 0 Å². The topological polar surface area (TPSA) is 52.6 Å². The molecule has 112 valence electrons. The zero-order valence-electron chi connectivity index (χ0n) is 12.7. The quantitative estimate of drug-likeness (QED) is 0.579. The summed E-state index contributed by atoms with van der Waals surface area (Å²) in [5, 5.41) is 0. The Balaban J connectivity index is 2.00. The highest BCUT2D eigenvalue weighted by molar-refractivity contribution is 6.21. The molecule has 1 saturated carbocycles. The van der Waals surface area contributed by atoms with Gasteiger partial charge in [-0.25, -0.2) is 0 Å². The highest BCUT2D eigenvalue weighted by atomic mass is 16.5. The van der Waals surface area contributed by atoms with Gasteiger partial charge < -0.3 is 9.47 Å². The van der Waals surface area contributed by atoms with Gasteiger partial charge >= 0.3 is 0 Å². The number of rotatable bonds is 2. The van der Waals surface area contributed by atoms with E-state index in [9.17, 15) is 9.59 Å². The number of carbonyl (C=O) groups is 2. The van der Waals surface area contributed by atoms with E-state index in [2.05, 4.69) is 6.58 Å². The van der Waals surface area contributed by atoms with Crippen molar-refractivity contribution < 1.29 is 19.1 Å². The van der Waals surface area contributed by atoms with E-state index in [0.29, 0.717) is 17.9 Å². The summed E-state index contributed by atoms with van der Waals surface area (Å²) < 4.78 is 11.0. The Hall–Kier alpha value is -1.84. The van der Waals surface area contributed by atoms with Crippen LogP contribution in [0, 0.1) is 11.8 Å². The molecule has 0 spiro atoms. The second-order valence-electron chi connectivity index (χ2n) is 6.43. The van der Waals surface area contributed by atoms with Crippen LogP contribution in [0.4, 0.5) is 0 Å². The molecule has 0 bridgehead atoms. The number of methoxy groups -OCH3 is 1. The van der Waals surface area contributed by atoms with E-state index in [1.807, 2.05) is 13.8 Å². The van der Waals surface area contributed by atoms with E-state index >= 15 is 0 Å². The maximum atomic E-state index is 12.4. The maximum absolute atomic E-state index is 12.4. The SMILES string of the molecule is C=C(C)[C@@H]1CC[C@@]2(C)OC3=C(C[C@@H]12)C(=O)C(OC)=CC3=O. The Labute approximate surface area is 124 Å². The van der Waals surface area contributed by atoms with Crippen LogP contribution in [0.3, 0.4) is 0 Å². The average molecular weight is 288 g/mol. The Morgan fingerprint density at radius 3 is 2.81 bits per heavy atom. The molecule has 0 saturated heterocycles. The number of fused-ring (bicyclic) bond motifs is 1. The predicted molar refractivity (Wildman–Crippen MR) is 77.3 cm³/mol. The molecule has 1 heterocycles. The molecule has 0 N–H and O–H groups in total. The Morgan fingerprint density at radius 1 is 1.48 bits per heavy atom. The van der Waals surface area contributed by atoms with Crippen LogP contribution in [0.5, 0.6) is 0 Å². The molecular weight excluding hydrogens is 268 g/mol. The Bertz CT molecular complexity index is 610. The van der Waals surface area contributed by atoms with Crippen LogP contribution >= 0.6 is 0 Å². The van der Waals surface area contributed by atoms with Crippen molar-refractivity contribution in [2.24, 2.45) is 11.8 Å². The van der Waals surface area contributed by atoms with E-state index in [0.717, 1.165) is 18.4 Å². The van der Waals surface area contributed by atoms with Gasteiger partial charge in [-0.2, -0.15) is 0 Å². The largest absolute Gasteiger partial charge is 0.493 e. The van der Waals surface area contributed by atoms with E-state index in [-0.39, 0.29) is 34.6 Å². The van der Waals surface area contributed by atoms with Crippen LogP contribution in [-0.4, -0.2) is 24.3 Å². The lowest BCUT2D eigenvalue weighted by molar-refractivity contribution is -0.127. The van der Waals surface area contributed by atoms with Crippen molar-refractivity contribution in [2.75, 3.05) is 7.11 Å². The first-order chi connectivity index (χ1) is 9.87. The van der Waals surface area contributed by atoms with Gasteiger partial charge in [0, 0.05) is 17.6 Å². The van der Waals surface area contributed by atoms with Crippen molar-refractivity contribution in [1.29, 1.82) is 0 Å². The fraction of sp³-hybridized carbons (Fsp3) is 0.529. The zero-order valence-corrected chi connectivity index (χ0v) is 12.7. The lowest BCUT2D eigenvalue weighted by Gasteiger charge is -2.41. The van der Waals surface area contributed by atoms with Gasteiger partial charge in [0.15, 0.2) is 11.5 Å². The fourth-order valence-electron chi connectivity index (χ4n) is 3.88. The smallest absolute Gasteiger partial charge is 0.227 e. The minimum absolute atomic E-state index is 0.107. The number of allylic oxidation sites excluding steroid dienone is 3. The van der Waals surface area contributed by atoms with Gasteiger partial charge in [0.25, 0.3) is 0 Å². The third-order valence-electron chi connectivity index (χ3n) is 5.09. The van der Waals surface area contributed by atoms with Crippen molar-refractivity contribution in [3.05, 3.63) is 35.3 Å². The molecule has 0 radical (unpaired) electrons. The zero-order chi connectivity index (χ0) is 15.4. The molecule has 0 unspecified atom stereocenters. The van der Waals surface area contributed by atoms with Gasteiger partial charge in [0.05, 0.1) is 7.11 Å². The summed E-state index contributed by atoms with van der Waals surface area (Å²) in [6.45, 7) is 8.13. The minimum Gasteiger partial charge on any atom is -0.493 e. The van der Waals surface area contributed by atoms with Crippen LogP contribution in [0.2, 0.25) is 0 Å². The monoisotopic (exact) mass is 288 g/mol. The van der Waals surface area contributed by atoms with E-state index in [1.165, 1.54) is 13.2 Å².